The highest BCUT2D eigenvalue weighted by Gasteiger charge is 2.17. The molecule has 3 nitrogen and oxygen atoms in total. The lowest BCUT2D eigenvalue weighted by Gasteiger charge is -2.24. The van der Waals surface area contributed by atoms with E-state index in [2.05, 4.69) is 10.3 Å². The van der Waals surface area contributed by atoms with Gasteiger partial charge in [-0.15, -0.1) is 0 Å². The molecule has 13 heavy (non-hydrogen) atoms. The van der Waals surface area contributed by atoms with E-state index >= 15 is 0 Å². The number of rotatable bonds is 1. The van der Waals surface area contributed by atoms with Crippen molar-refractivity contribution in [2.45, 2.75) is 6.04 Å². The average Bonchev–Trinajstić information content (AvgIpc) is 2.20. The third-order valence-electron chi connectivity index (χ3n) is 2.10. The molecule has 0 aliphatic carbocycles. The molecule has 2 rings (SSSR count). The van der Waals surface area contributed by atoms with Gasteiger partial charge in [0.05, 0.1) is 24.3 Å². The molecular formula is C9H11ClN2O. The van der Waals surface area contributed by atoms with E-state index < -0.39 is 0 Å². The molecule has 0 aromatic carbocycles. The predicted molar refractivity (Wildman–Crippen MR) is 50.8 cm³/mol. The standard InChI is InChI=1S/C9H11ClN2O/c10-8-5-11-2-1-7(8)9-6-13-4-3-12-9/h1-2,5,9,12H,3-4,6H2. The van der Waals surface area contributed by atoms with Crippen molar-refractivity contribution in [3.05, 3.63) is 29.0 Å². The van der Waals surface area contributed by atoms with Crippen LogP contribution in [0.15, 0.2) is 18.5 Å². The molecule has 0 amide bonds. The molecule has 1 unspecified atom stereocenters. The maximum atomic E-state index is 6.00. The van der Waals surface area contributed by atoms with E-state index in [1.807, 2.05) is 6.07 Å². The second kappa shape index (κ2) is 4.05. The van der Waals surface area contributed by atoms with Crippen LogP contribution in [0.3, 0.4) is 0 Å². The maximum absolute atomic E-state index is 6.00. The van der Waals surface area contributed by atoms with Crippen LogP contribution in [-0.2, 0) is 4.74 Å². The number of hydrogen-bond donors (Lipinski definition) is 1. The Kier molecular flexibility index (Phi) is 2.78. The molecule has 70 valence electrons. The number of nitrogens with one attached hydrogen (secondary N) is 1. The van der Waals surface area contributed by atoms with Crippen molar-refractivity contribution < 1.29 is 4.74 Å². The molecule has 4 heteroatoms. The molecule has 1 N–H and O–H groups in total. The van der Waals surface area contributed by atoms with Crippen molar-refractivity contribution in [1.82, 2.24) is 10.3 Å². The highest BCUT2D eigenvalue weighted by molar-refractivity contribution is 6.31. The fourth-order valence-corrected chi connectivity index (χ4v) is 1.68. The minimum Gasteiger partial charge on any atom is -0.378 e. The monoisotopic (exact) mass is 198 g/mol. The lowest BCUT2D eigenvalue weighted by atomic mass is 10.1. The van der Waals surface area contributed by atoms with Crippen LogP contribution in [0.4, 0.5) is 0 Å². The quantitative estimate of drug-likeness (QED) is 0.741. The third-order valence-corrected chi connectivity index (χ3v) is 2.42. The number of nitrogens with zero attached hydrogens (tertiary/aromatic N) is 1. The summed E-state index contributed by atoms with van der Waals surface area (Å²) < 4.78 is 5.35. The van der Waals surface area contributed by atoms with Gasteiger partial charge in [0.25, 0.3) is 0 Å². The fraction of sp³-hybridized carbons (Fsp3) is 0.444. The summed E-state index contributed by atoms with van der Waals surface area (Å²) >= 11 is 6.00. The van der Waals surface area contributed by atoms with E-state index in [1.165, 1.54) is 0 Å². The summed E-state index contributed by atoms with van der Waals surface area (Å²) in [6.07, 6.45) is 3.41. The number of aromatic nitrogens is 1. The molecule has 1 aliphatic rings. The Hall–Kier alpha value is -0.640. The van der Waals surface area contributed by atoms with Gasteiger partial charge in [-0.1, -0.05) is 11.6 Å². The highest BCUT2D eigenvalue weighted by atomic mass is 35.5. The molecule has 1 aliphatic heterocycles. The molecule has 1 saturated heterocycles. The Morgan fingerprint density at radius 3 is 3.23 bits per heavy atom. The van der Waals surface area contributed by atoms with Crippen LogP contribution in [0.25, 0.3) is 0 Å². The largest absolute Gasteiger partial charge is 0.378 e. The van der Waals surface area contributed by atoms with Crippen LogP contribution in [-0.4, -0.2) is 24.7 Å². The van der Waals surface area contributed by atoms with Crippen molar-refractivity contribution in [3.8, 4) is 0 Å². The summed E-state index contributed by atoms with van der Waals surface area (Å²) in [5.41, 5.74) is 1.07. The fourth-order valence-electron chi connectivity index (χ4n) is 1.43. The van der Waals surface area contributed by atoms with Crippen molar-refractivity contribution in [1.29, 1.82) is 0 Å². The van der Waals surface area contributed by atoms with Crippen LogP contribution in [0.5, 0.6) is 0 Å². The first-order chi connectivity index (χ1) is 6.38. The van der Waals surface area contributed by atoms with Gasteiger partial charge in [0, 0.05) is 18.9 Å². The molecule has 0 radical (unpaired) electrons. The van der Waals surface area contributed by atoms with Crippen LogP contribution >= 0.6 is 11.6 Å². The van der Waals surface area contributed by atoms with Gasteiger partial charge in [-0.25, -0.2) is 0 Å². The van der Waals surface area contributed by atoms with Crippen LogP contribution < -0.4 is 5.32 Å². The number of pyridine rings is 1. The van der Waals surface area contributed by atoms with E-state index in [-0.39, 0.29) is 6.04 Å². The molecule has 1 fully saturated rings. The highest BCUT2D eigenvalue weighted by Crippen LogP contribution is 2.22. The molecular weight excluding hydrogens is 188 g/mol. The van der Waals surface area contributed by atoms with Gasteiger partial charge in [0.2, 0.25) is 0 Å². The van der Waals surface area contributed by atoms with Gasteiger partial charge in [-0.3, -0.25) is 4.98 Å². The number of ether oxygens (including phenoxy) is 1. The van der Waals surface area contributed by atoms with E-state index in [9.17, 15) is 0 Å². The number of halogens is 1. The summed E-state index contributed by atoms with van der Waals surface area (Å²) in [6.45, 7) is 2.34. The molecule has 0 bridgehead atoms. The van der Waals surface area contributed by atoms with Gasteiger partial charge in [0.1, 0.15) is 0 Å². The second-order valence-electron chi connectivity index (χ2n) is 2.98. The minimum absolute atomic E-state index is 0.212. The summed E-state index contributed by atoms with van der Waals surface area (Å²) in [4.78, 5) is 3.94. The van der Waals surface area contributed by atoms with Gasteiger partial charge in [-0.2, -0.15) is 0 Å². The van der Waals surface area contributed by atoms with Gasteiger partial charge < -0.3 is 10.1 Å². The zero-order valence-corrected chi connectivity index (χ0v) is 7.92. The molecule has 2 heterocycles. The van der Waals surface area contributed by atoms with Gasteiger partial charge >= 0.3 is 0 Å². The van der Waals surface area contributed by atoms with Crippen molar-refractivity contribution in [2.75, 3.05) is 19.8 Å². The minimum atomic E-state index is 0.212. The normalized spacial score (nSPS) is 23.0. The van der Waals surface area contributed by atoms with Crippen LogP contribution in [0.2, 0.25) is 5.02 Å². The Bertz CT molecular complexity index is 287. The lowest BCUT2D eigenvalue weighted by molar-refractivity contribution is 0.0769. The third kappa shape index (κ3) is 1.99. The molecule has 1 aromatic heterocycles. The summed E-state index contributed by atoms with van der Waals surface area (Å²) in [5, 5.41) is 4.04. The van der Waals surface area contributed by atoms with E-state index in [4.69, 9.17) is 16.3 Å². The second-order valence-corrected chi connectivity index (χ2v) is 3.39. The predicted octanol–water partition coefficient (Wildman–Crippen LogP) is 1.40. The first-order valence-corrected chi connectivity index (χ1v) is 4.66. The molecule has 1 aromatic rings. The average molecular weight is 199 g/mol. The van der Waals surface area contributed by atoms with E-state index in [0.29, 0.717) is 11.6 Å². The summed E-state index contributed by atoms with van der Waals surface area (Å²) in [5.74, 6) is 0. The molecule has 0 saturated carbocycles. The summed E-state index contributed by atoms with van der Waals surface area (Å²) in [6, 6.07) is 2.14. The topological polar surface area (TPSA) is 34.1 Å². The zero-order chi connectivity index (χ0) is 9.10. The maximum Gasteiger partial charge on any atom is 0.0662 e. The smallest absolute Gasteiger partial charge is 0.0662 e. The van der Waals surface area contributed by atoms with Crippen molar-refractivity contribution in [2.24, 2.45) is 0 Å². The Balaban J connectivity index is 2.18. The number of morpholine rings is 1. The number of hydrogen-bond acceptors (Lipinski definition) is 3. The van der Waals surface area contributed by atoms with Crippen molar-refractivity contribution in [3.63, 3.8) is 0 Å². The first-order valence-electron chi connectivity index (χ1n) is 4.28. The Labute approximate surface area is 82.1 Å². The van der Waals surface area contributed by atoms with Gasteiger partial charge in [-0.05, 0) is 11.6 Å². The summed E-state index contributed by atoms with van der Waals surface area (Å²) in [7, 11) is 0. The van der Waals surface area contributed by atoms with Crippen LogP contribution in [0, 0.1) is 0 Å². The lowest BCUT2D eigenvalue weighted by Crippen LogP contribution is -2.34. The van der Waals surface area contributed by atoms with Crippen LogP contribution in [0.1, 0.15) is 11.6 Å². The van der Waals surface area contributed by atoms with Gasteiger partial charge in [0.15, 0.2) is 0 Å². The zero-order valence-electron chi connectivity index (χ0n) is 7.16. The molecule has 0 spiro atoms. The Morgan fingerprint density at radius 2 is 2.54 bits per heavy atom. The van der Waals surface area contributed by atoms with E-state index in [0.717, 1.165) is 18.7 Å². The van der Waals surface area contributed by atoms with Crippen molar-refractivity contribution >= 4 is 11.6 Å². The SMILES string of the molecule is Clc1cnccc1C1COCCN1. The Morgan fingerprint density at radius 1 is 1.62 bits per heavy atom. The molecule has 1 atom stereocenters. The first kappa shape index (κ1) is 8.94. The van der Waals surface area contributed by atoms with E-state index in [1.54, 1.807) is 12.4 Å².